The zero-order valence-corrected chi connectivity index (χ0v) is 15.0. The molecular weight excluding hydrogens is 330 g/mol. The van der Waals surface area contributed by atoms with E-state index in [1.807, 2.05) is 56.6 Å². The Hall–Kier alpha value is -2.85. The van der Waals surface area contributed by atoms with Gasteiger partial charge >= 0.3 is 5.97 Å². The normalized spacial score (nSPS) is 11.4. The SMILES string of the molecule is CN(C)c1ccc(-c2ccc(/C=C(/C(=O)O)c3ccccc3)s2)cc1. The molecule has 4 heteroatoms. The lowest BCUT2D eigenvalue weighted by Gasteiger charge is -2.12. The van der Waals surface area contributed by atoms with E-state index in [2.05, 4.69) is 29.2 Å². The largest absolute Gasteiger partial charge is 0.478 e. The smallest absolute Gasteiger partial charge is 0.336 e. The van der Waals surface area contributed by atoms with Crippen LogP contribution in [0.25, 0.3) is 22.1 Å². The second-order valence-electron chi connectivity index (χ2n) is 5.87. The fourth-order valence-electron chi connectivity index (χ4n) is 2.54. The zero-order chi connectivity index (χ0) is 17.8. The van der Waals surface area contributed by atoms with E-state index < -0.39 is 5.97 Å². The van der Waals surface area contributed by atoms with Crippen molar-refractivity contribution in [3.05, 3.63) is 77.2 Å². The van der Waals surface area contributed by atoms with E-state index in [0.717, 1.165) is 21.0 Å². The highest BCUT2D eigenvalue weighted by molar-refractivity contribution is 7.16. The van der Waals surface area contributed by atoms with E-state index in [0.29, 0.717) is 11.1 Å². The molecule has 0 radical (unpaired) electrons. The molecule has 0 aliphatic rings. The minimum atomic E-state index is -0.920. The summed E-state index contributed by atoms with van der Waals surface area (Å²) in [4.78, 5) is 15.7. The average Bonchev–Trinajstić information content (AvgIpc) is 3.09. The minimum absolute atomic E-state index is 0.303. The van der Waals surface area contributed by atoms with Gasteiger partial charge < -0.3 is 10.0 Å². The summed E-state index contributed by atoms with van der Waals surface area (Å²) in [5, 5.41) is 9.53. The molecular formula is C21H19NO2S. The summed E-state index contributed by atoms with van der Waals surface area (Å²) in [6.07, 6.45) is 1.74. The van der Waals surface area contributed by atoms with Crippen LogP contribution in [0.5, 0.6) is 0 Å². The second-order valence-corrected chi connectivity index (χ2v) is 6.99. The fraction of sp³-hybridized carbons (Fsp3) is 0.0952. The van der Waals surface area contributed by atoms with Crippen LogP contribution in [0.4, 0.5) is 5.69 Å². The van der Waals surface area contributed by atoms with Crippen molar-refractivity contribution in [1.82, 2.24) is 0 Å². The first kappa shape index (κ1) is 17.0. The highest BCUT2D eigenvalue weighted by Gasteiger charge is 2.11. The van der Waals surface area contributed by atoms with Crippen molar-refractivity contribution in [3.63, 3.8) is 0 Å². The molecule has 0 amide bonds. The number of carboxylic acid groups (broad SMARTS) is 1. The molecule has 0 aliphatic carbocycles. The lowest BCUT2D eigenvalue weighted by atomic mass is 10.1. The van der Waals surface area contributed by atoms with Gasteiger partial charge in [-0.2, -0.15) is 0 Å². The third kappa shape index (κ3) is 3.98. The van der Waals surface area contributed by atoms with Crippen LogP contribution in [0.2, 0.25) is 0 Å². The quantitative estimate of drug-likeness (QED) is 0.651. The van der Waals surface area contributed by atoms with E-state index >= 15 is 0 Å². The minimum Gasteiger partial charge on any atom is -0.478 e. The van der Waals surface area contributed by atoms with Crippen LogP contribution in [0, 0.1) is 0 Å². The highest BCUT2D eigenvalue weighted by Crippen LogP contribution is 2.31. The molecule has 1 N–H and O–H groups in total. The van der Waals surface area contributed by atoms with Gasteiger partial charge in [-0.3, -0.25) is 0 Å². The molecule has 0 saturated heterocycles. The highest BCUT2D eigenvalue weighted by atomic mass is 32.1. The molecule has 126 valence electrons. The van der Waals surface area contributed by atoms with Crippen molar-refractivity contribution in [3.8, 4) is 10.4 Å². The number of aliphatic carboxylic acids is 1. The molecule has 1 aromatic heterocycles. The standard InChI is InChI=1S/C21H19NO2S/c1-22(2)17-10-8-16(9-11-17)20-13-12-18(25-20)14-19(21(23)24)15-6-4-3-5-7-15/h3-14H,1-2H3,(H,23,24)/b19-14+. The van der Waals surface area contributed by atoms with Crippen LogP contribution in [0.1, 0.15) is 10.4 Å². The number of rotatable bonds is 5. The number of anilines is 1. The average molecular weight is 349 g/mol. The molecule has 3 aromatic rings. The maximum Gasteiger partial charge on any atom is 0.336 e. The molecule has 0 unspecified atom stereocenters. The van der Waals surface area contributed by atoms with E-state index in [1.54, 1.807) is 17.4 Å². The second kappa shape index (κ2) is 7.36. The molecule has 0 atom stereocenters. The third-order valence-electron chi connectivity index (χ3n) is 3.90. The Labute approximate surface area is 151 Å². The molecule has 0 bridgehead atoms. The van der Waals surface area contributed by atoms with Crippen LogP contribution in [0.3, 0.4) is 0 Å². The van der Waals surface area contributed by atoms with Crippen molar-refractivity contribution in [2.45, 2.75) is 0 Å². The Balaban J connectivity index is 1.91. The van der Waals surface area contributed by atoms with Gasteiger partial charge in [0.05, 0.1) is 5.57 Å². The number of benzene rings is 2. The van der Waals surface area contributed by atoms with Crippen LogP contribution in [-0.4, -0.2) is 25.2 Å². The van der Waals surface area contributed by atoms with Gasteiger partial charge in [0.25, 0.3) is 0 Å². The Bertz CT molecular complexity index is 893. The van der Waals surface area contributed by atoms with Crippen LogP contribution in [0.15, 0.2) is 66.7 Å². The Morgan fingerprint density at radius 1 is 0.960 bits per heavy atom. The fourth-order valence-corrected chi connectivity index (χ4v) is 3.49. The lowest BCUT2D eigenvalue weighted by molar-refractivity contribution is -0.130. The maximum absolute atomic E-state index is 11.6. The van der Waals surface area contributed by atoms with E-state index in [-0.39, 0.29) is 0 Å². The number of nitrogens with zero attached hydrogens (tertiary/aromatic N) is 1. The van der Waals surface area contributed by atoms with E-state index in [9.17, 15) is 9.90 Å². The molecule has 0 fully saturated rings. The number of carboxylic acids is 1. The van der Waals surface area contributed by atoms with E-state index in [1.165, 1.54) is 0 Å². The summed E-state index contributed by atoms with van der Waals surface area (Å²) in [6.45, 7) is 0. The summed E-state index contributed by atoms with van der Waals surface area (Å²) < 4.78 is 0. The van der Waals surface area contributed by atoms with Crippen molar-refractivity contribution in [2.24, 2.45) is 0 Å². The summed E-state index contributed by atoms with van der Waals surface area (Å²) in [5.41, 5.74) is 3.29. The number of hydrogen-bond acceptors (Lipinski definition) is 3. The van der Waals surface area contributed by atoms with Crippen LogP contribution >= 0.6 is 11.3 Å². The van der Waals surface area contributed by atoms with Gasteiger partial charge in [-0.25, -0.2) is 4.79 Å². The lowest BCUT2D eigenvalue weighted by Crippen LogP contribution is -2.07. The molecule has 3 rings (SSSR count). The molecule has 25 heavy (non-hydrogen) atoms. The number of hydrogen-bond donors (Lipinski definition) is 1. The summed E-state index contributed by atoms with van der Waals surface area (Å²) >= 11 is 1.59. The third-order valence-corrected chi connectivity index (χ3v) is 4.98. The van der Waals surface area contributed by atoms with Crippen molar-refractivity contribution in [1.29, 1.82) is 0 Å². The van der Waals surface area contributed by atoms with Gasteiger partial charge in [-0.05, 0) is 41.5 Å². The number of thiophene rings is 1. The van der Waals surface area contributed by atoms with Crippen molar-refractivity contribution < 1.29 is 9.90 Å². The Kier molecular flexibility index (Phi) is 5.00. The molecule has 3 nitrogen and oxygen atoms in total. The number of carbonyl (C=O) groups is 1. The first-order valence-electron chi connectivity index (χ1n) is 7.92. The zero-order valence-electron chi connectivity index (χ0n) is 14.1. The molecule has 0 saturated carbocycles. The van der Waals surface area contributed by atoms with Gasteiger partial charge in [-0.15, -0.1) is 11.3 Å². The Morgan fingerprint density at radius 2 is 1.64 bits per heavy atom. The van der Waals surface area contributed by atoms with Gasteiger partial charge in [0.2, 0.25) is 0 Å². The molecule has 1 heterocycles. The maximum atomic E-state index is 11.6. The predicted octanol–water partition coefficient (Wildman–Crippen LogP) is 5.11. The summed E-state index contributed by atoms with van der Waals surface area (Å²) in [5.74, 6) is -0.920. The monoisotopic (exact) mass is 349 g/mol. The topological polar surface area (TPSA) is 40.5 Å². The molecule has 2 aromatic carbocycles. The van der Waals surface area contributed by atoms with Crippen LogP contribution in [-0.2, 0) is 4.79 Å². The van der Waals surface area contributed by atoms with E-state index in [4.69, 9.17) is 0 Å². The van der Waals surface area contributed by atoms with Gasteiger partial charge in [0, 0.05) is 29.5 Å². The Morgan fingerprint density at radius 3 is 2.24 bits per heavy atom. The predicted molar refractivity (Wildman–Crippen MR) is 106 cm³/mol. The van der Waals surface area contributed by atoms with Gasteiger partial charge in [0.1, 0.15) is 0 Å². The van der Waals surface area contributed by atoms with Crippen molar-refractivity contribution in [2.75, 3.05) is 19.0 Å². The van der Waals surface area contributed by atoms with Gasteiger partial charge in [-0.1, -0.05) is 42.5 Å². The summed E-state index contributed by atoms with van der Waals surface area (Å²) in [6, 6.07) is 21.5. The first-order chi connectivity index (χ1) is 12.0. The van der Waals surface area contributed by atoms with Gasteiger partial charge in [0.15, 0.2) is 0 Å². The summed E-state index contributed by atoms with van der Waals surface area (Å²) in [7, 11) is 4.03. The van der Waals surface area contributed by atoms with Crippen LogP contribution < -0.4 is 4.90 Å². The van der Waals surface area contributed by atoms with Crippen molar-refractivity contribution >= 4 is 34.6 Å². The first-order valence-corrected chi connectivity index (χ1v) is 8.74. The molecule has 0 aliphatic heterocycles. The molecule has 0 spiro atoms.